The van der Waals surface area contributed by atoms with Crippen molar-refractivity contribution in [2.45, 2.75) is 6.54 Å². The van der Waals surface area contributed by atoms with Crippen molar-refractivity contribution in [1.82, 2.24) is 9.55 Å². The van der Waals surface area contributed by atoms with Crippen LogP contribution in [-0.2, 0) is 11.3 Å². The average molecular weight is 384 g/mol. The molecule has 0 aliphatic carbocycles. The number of benzene rings is 1. The van der Waals surface area contributed by atoms with Crippen LogP contribution in [0.5, 0.6) is 0 Å². The summed E-state index contributed by atoms with van der Waals surface area (Å²) in [5, 5.41) is 11.5. The van der Waals surface area contributed by atoms with Gasteiger partial charge in [0.05, 0.1) is 10.7 Å². The van der Waals surface area contributed by atoms with Crippen molar-refractivity contribution in [1.29, 1.82) is 0 Å². The number of carboxylic acid groups (broad SMARTS) is 1. The molecule has 0 aliphatic heterocycles. The highest BCUT2D eigenvalue weighted by Crippen LogP contribution is 2.22. The van der Waals surface area contributed by atoms with Crippen LogP contribution in [-0.4, -0.2) is 26.5 Å². The molecule has 0 radical (unpaired) electrons. The number of aliphatic carboxylic acids is 1. The van der Waals surface area contributed by atoms with E-state index in [0.29, 0.717) is 5.56 Å². The van der Waals surface area contributed by atoms with E-state index in [0.717, 1.165) is 21.8 Å². The predicted octanol–water partition coefficient (Wildman–Crippen LogP) is 2.90. The zero-order valence-corrected chi connectivity index (χ0v) is 14.7. The van der Waals surface area contributed by atoms with E-state index in [-0.39, 0.29) is 10.7 Å². The summed E-state index contributed by atoms with van der Waals surface area (Å²) in [7, 11) is 0. The van der Waals surface area contributed by atoms with E-state index >= 15 is 0 Å². The molecule has 1 aromatic carbocycles. The largest absolute Gasteiger partial charge is 0.480 e. The molecule has 2 heterocycles. The lowest BCUT2D eigenvalue weighted by molar-refractivity contribution is -0.137. The Morgan fingerprint density at radius 3 is 2.63 bits per heavy atom. The lowest BCUT2D eigenvalue weighted by Crippen LogP contribution is -2.24. The van der Waals surface area contributed by atoms with Gasteiger partial charge < -0.3 is 15.0 Å². The maximum absolute atomic E-state index is 12.6. The van der Waals surface area contributed by atoms with E-state index in [1.807, 2.05) is 12.1 Å². The van der Waals surface area contributed by atoms with Crippen LogP contribution >= 0.6 is 11.6 Å². The number of nitrogens with zero attached hydrogens (tertiary/aromatic N) is 2. The number of rotatable bonds is 5. The number of pyridine rings is 2. The number of carbonyl (C=O) groups excluding carboxylic acids is 1. The maximum Gasteiger partial charge on any atom is 0.323 e. The molecule has 0 saturated heterocycles. The molecule has 0 saturated carbocycles. The highest BCUT2D eigenvalue weighted by Gasteiger charge is 2.13. The van der Waals surface area contributed by atoms with Gasteiger partial charge in [0, 0.05) is 35.8 Å². The number of carboxylic acids is 1. The molecule has 8 heteroatoms. The standard InChI is InChI=1S/C19H14ClN3O4/c20-15-8-17(24)23(11-18(25)26)10-16(15)22-19(27)13-4-1-3-12(7-13)14-5-2-6-21-9-14/h1-10H,11H2,(H,22,27)(H,25,26). The van der Waals surface area contributed by atoms with E-state index in [1.165, 1.54) is 6.20 Å². The lowest BCUT2D eigenvalue weighted by atomic mass is 10.0. The molecular weight excluding hydrogens is 370 g/mol. The second kappa shape index (κ2) is 7.84. The summed E-state index contributed by atoms with van der Waals surface area (Å²) in [6.07, 6.45) is 4.56. The third-order valence-corrected chi connectivity index (χ3v) is 4.06. The molecule has 0 spiro atoms. The average Bonchev–Trinajstić information content (AvgIpc) is 2.66. The summed E-state index contributed by atoms with van der Waals surface area (Å²) in [6.45, 7) is -0.532. The molecule has 0 atom stereocenters. The molecular formula is C19H14ClN3O4. The van der Waals surface area contributed by atoms with Gasteiger partial charge in [0.25, 0.3) is 11.5 Å². The van der Waals surface area contributed by atoms with E-state index in [4.69, 9.17) is 16.7 Å². The molecule has 0 unspecified atom stereocenters. The van der Waals surface area contributed by atoms with Crippen LogP contribution in [0.1, 0.15) is 10.4 Å². The number of amides is 1. The summed E-state index contributed by atoms with van der Waals surface area (Å²) < 4.78 is 0.954. The zero-order valence-electron chi connectivity index (χ0n) is 13.9. The second-order valence-corrected chi connectivity index (χ2v) is 6.08. The molecule has 7 nitrogen and oxygen atoms in total. The highest BCUT2D eigenvalue weighted by atomic mass is 35.5. The highest BCUT2D eigenvalue weighted by molar-refractivity contribution is 6.33. The van der Waals surface area contributed by atoms with E-state index in [1.54, 1.807) is 36.7 Å². The van der Waals surface area contributed by atoms with Gasteiger partial charge in [-0.15, -0.1) is 0 Å². The van der Waals surface area contributed by atoms with Crippen molar-refractivity contribution in [3.63, 3.8) is 0 Å². The first-order chi connectivity index (χ1) is 12.9. The van der Waals surface area contributed by atoms with Crippen LogP contribution < -0.4 is 10.9 Å². The number of carbonyl (C=O) groups is 2. The Hall–Kier alpha value is -3.45. The number of halogens is 1. The third kappa shape index (κ3) is 4.39. The Kier molecular flexibility index (Phi) is 5.33. The summed E-state index contributed by atoms with van der Waals surface area (Å²) in [5.41, 5.74) is 1.63. The van der Waals surface area contributed by atoms with Crippen LogP contribution in [0.2, 0.25) is 5.02 Å². The first kappa shape index (κ1) is 18.3. The Labute approximate surface area is 158 Å². The van der Waals surface area contributed by atoms with Crippen molar-refractivity contribution in [3.8, 4) is 11.1 Å². The van der Waals surface area contributed by atoms with Crippen molar-refractivity contribution in [2.75, 3.05) is 5.32 Å². The summed E-state index contributed by atoms with van der Waals surface area (Å²) >= 11 is 6.01. The Bertz CT molecular complexity index is 1060. The topological polar surface area (TPSA) is 101 Å². The normalized spacial score (nSPS) is 10.4. The minimum atomic E-state index is -1.18. The van der Waals surface area contributed by atoms with Gasteiger partial charge in [-0.1, -0.05) is 29.8 Å². The van der Waals surface area contributed by atoms with Crippen LogP contribution in [0.4, 0.5) is 5.69 Å². The van der Waals surface area contributed by atoms with Gasteiger partial charge in [0.1, 0.15) is 6.54 Å². The quantitative estimate of drug-likeness (QED) is 0.705. The van der Waals surface area contributed by atoms with Crippen LogP contribution in [0.15, 0.2) is 65.8 Å². The molecule has 3 rings (SSSR count). The zero-order chi connectivity index (χ0) is 19.4. The van der Waals surface area contributed by atoms with Gasteiger partial charge in [0.2, 0.25) is 0 Å². The number of aromatic nitrogens is 2. The van der Waals surface area contributed by atoms with Crippen LogP contribution in [0, 0.1) is 0 Å². The Morgan fingerprint density at radius 2 is 1.93 bits per heavy atom. The fourth-order valence-electron chi connectivity index (χ4n) is 2.48. The van der Waals surface area contributed by atoms with Gasteiger partial charge in [0.15, 0.2) is 0 Å². The molecule has 2 N–H and O–H groups in total. The fraction of sp³-hybridized carbons (Fsp3) is 0.0526. The Balaban J connectivity index is 1.88. The van der Waals surface area contributed by atoms with Gasteiger partial charge in [-0.05, 0) is 23.8 Å². The van der Waals surface area contributed by atoms with Gasteiger partial charge in [-0.25, -0.2) is 0 Å². The van der Waals surface area contributed by atoms with Gasteiger partial charge >= 0.3 is 5.97 Å². The van der Waals surface area contributed by atoms with Crippen molar-refractivity contribution >= 4 is 29.2 Å². The van der Waals surface area contributed by atoms with E-state index < -0.39 is 24.0 Å². The van der Waals surface area contributed by atoms with Crippen molar-refractivity contribution in [2.24, 2.45) is 0 Å². The molecule has 2 aromatic heterocycles. The second-order valence-electron chi connectivity index (χ2n) is 5.67. The first-order valence-corrected chi connectivity index (χ1v) is 8.25. The van der Waals surface area contributed by atoms with Crippen molar-refractivity contribution < 1.29 is 14.7 Å². The molecule has 0 fully saturated rings. The lowest BCUT2D eigenvalue weighted by Gasteiger charge is -2.11. The molecule has 1 amide bonds. The molecule has 0 bridgehead atoms. The summed E-state index contributed by atoms with van der Waals surface area (Å²) in [5.74, 6) is -1.62. The maximum atomic E-state index is 12.6. The smallest absolute Gasteiger partial charge is 0.323 e. The van der Waals surface area contributed by atoms with Crippen molar-refractivity contribution in [3.05, 3.63) is 82.0 Å². The number of nitrogens with one attached hydrogen (secondary N) is 1. The van der Waals surface area contributed by atoms with E-state index in [9.17, 15) is 14.4 Å². The predicted molar refractivity (Wildman–Crippen MR) is 101 cm³/mol. The van der Waals surface area contributed by atoms with E-state index in [2.05, 4.69) is 10.3 Å². The number of hydrogen-bond donors (Lipinski definition) is 2. The number of anilines is 1. The minimum absolute atomic E-state index is 0.0263. The minimum Gasteiger partial charge on any atom is -0.480 e. The third-order valence-electron chi connectivity index (χ3n) is 3.75. The molecule has 0 aliphatic rings. The van der Waals surface area contributed by atoms with Crippen LogP contribution in [0.25, 0.3) is 11.1 Å². The monoisotopic (exact) mass is 383 g/mol. The summed E-state index contributed by atoms with van der Waals surface area (Å²) in [4.78, 5) is 39.3. The molecule has 3 aromatic rings. The molecule has 27 heavy (non-hydrogen) atoms. The first-order valence-electron chi connectivity index (χ1n) is 7.87. The van der Waals surface area contributed by atoms with Gasteiger partial charge in [-0.2, -0.15) is 0 Å². The van der Waals surface area contributed by atoms with Gasteiger partial charge in [-0.3, -0.25) is 19.4 Å². The summed E-state index contributed by atoms with van der Waals surface area (Å²) in [6, 6.07) is 11.7. The Morgan fingerprint density at radius 1 is 1.15 bits per heavy atom. The number of hydrogen-bond acceptors (Lipinski definition) is 4. The SMILES string of the molecule is O=C(O)Cn1cc(NC(=O)c2cccc(-c3cccnc3)c2)c(Cl)cc1=O. The molecule has 136 valence electrons. The van der Waals surface area contributed by atoms with Crippen LogP contribution in [0.3, 0.4) is 0 Å². The fourth-order valence-corrected chi connectivity index (χ4v) is 2.67.